The van der Waals surface area contributed by atoms with Crippen molar-refractivity contribution in [1.82, 2.24) is 4.98 Å². The highest BCUT2D eigenvalue weighted by atomic mass is 32.2. The van der Waals surface area contributed by atoms with Crippen LogP contribution >= 0.6 is 11.8 Å². The monoisotopic (exact) mass is 235 g/mol. The standard InChI is InChI=1S/C12H17N3S/c13-11(14)10-6-3-7-15-12(10)16-8-9-4-1-2-5-9/h3,6-7,9H,1-2,4-5,8H2,(H3,13,14). The highest BCUT2D eigenvalue weighted by Crippen LogP contribution is 2.31. The topological polar surface area (TPSA) is 62.8 Å². The minimum Gasteiger partial charge on any atom is -0.384 e. The maximum Gasteiger partial charge on any atom is 0.125 e. The molecule has 1 aromatic heterocycles. The van der Waals surface area contributed by atoms with Crippen LogP contribution in [0.1, 0.15) is 31.2 Å². The smallest absolute Gasteiger partial charge is 0.125 e. The maximum atomic E-state index is 7.49. The second-order valence-corrected chi connectivity index (χ2v) is 5.24. The van der Waals surface area contributed by atoms with E-state index in [2.05, 4.69) is 4.98 Å². The summed E-state index contributed by atoms with van der Waals surface area (Å²) in [6, 6.07) is 3.70. The Bertz CT molecular complexity index is 372. The molecule has 4 heteroatoms. The van der Waals surface area contributed by atoms with Crippen molar-refractivity contribution in [2.24, 2.45) is 11.7 Å². The van der Waals surface area contributed by atoms with E-state index in [0.717, 1.165) is 22.3 Å². The number of thioether (sulfide) groups is 1. The number of nitrogens with two attached hydrogens (primary N) is 1. The first kappa shape index (κ1) is 11.5. The molecule has 2 rings (SSSR count). The van der Waals surface area contributed by atoms with Gasteiger partial charge in [-0.2, -0.15) is 0 Å². The zero-order chi connectivity index (χ0) is 11.4. The van der Waals surface area contributed by atoms with E-state index in [-0.39, 0.29) is 5.84 Å². The van der Waals surface area contributed by atoms with Crippen molar-refractivity contribution in [3.05, 3.63) is 23.9 Å². The predicted octanol–water partition coefficient (Wildman–Crippen LogP) is 2.65. The Hall–Kier alpha value is -1.03. The highest BCUT2D eigenvalue weighted by Gasteiger charge is 2.16. The molecule has 86 valence electrons. The summed E-state index contributed by atoms with van der Waals surface area (Å²) in [5, 5.41) is 8.39. The molecule has 0 spiro atoms. The molecule has 1 saturated carbocycles. The lowest BCUT2D eigenvalue weighted by molar-refractivity contribution is 0.623. The van der Waals surface area contributed by atoms with Gasteiger partial charge in [0.05, 0.1) is 0 Å². The third-order valence-corrected chi connectivity index (χ3v) is 4.23. The lowest BCUT2D eigenvalue weighted by Crippen LogP contribution is -2.13. The van der Waals surface area contributed by atoms with E-state index in [9.17, 15) is 0 Å². The summed E-state index contributed by atoms with van der Waals surface area (Å²) in [5.41, 5.74) is 6.30. The molecule has 0 radical (unpaired) electrons. The van der Waals surface area contributed by atoms with Gasteiger partial charge in [-0.05, 0) is 30.9 Å². The summed E-state index contributed by atoms with van der Waals surface area (Å²) in [6.07, 6.45) is 7.19. The molecule has 0 saturated heterocycles. The van der Waals surface area contributed by atoms with Crippen LogP contribution in [0.15, 0.2) is 23.4 Å². The summed E-state index contributed by atoms with van der Waals surface area (Å²) in [5.74, 6) is 2.05. The average molecular weight is 235 g/mol. The molecular weight excluding hydrogens is 218 g/mol. The Morgan fingerprint density at radius 3 is 2.94 bits per heavy atom. The third kappa shape index (κ3) is 2.76. The van der Waals surface area contributed by atoms with Gasteiger partial charge in [-0.3, -0.25) is 5.41 Å². The number of hydrogen-bond donors (Lipinski definition) is 2. The molecule has 3 N–H and O–H groups in total. The van der Waals surface area contributed by atoms with E-state index >= 15 is 0 Å². The van der Waals surface area contributed by atoms with Crippen LogP contribution < -0.4 is 5.73 Å². The maximum absolute atomic E-state index is 7.49. The van der Waals surface area contributed by atoms with Crippen molar-refractivity contribution >= 4 is 17.6 Å². The van der Waals surface area contributed by atoms with Gasteiger partial charge in [0.25, 0.3) is 0 Å². The minimum absolute atomic E-state index is 0.113. The first-order valence-electron chi connectivity index (χ1n) is 5.69. The van der Waals surface area contributed by atoms with Gasteiger partial charge in [0.1, 0.15) is 10.9 Å². The Morgan fingerprint density at radius 2 is 2.25 bits per heavy atom. The van der Waals surface area contributed by atoms with Gasteiger partial charge in [0.15, 0.2) is 0 Å². The van der Waals surface area contributed by atoms with Crippen molar-refractivity contribution in [3.63, 3.8) is 0 Å². The summed E-state index contributed by atoms with van der Waals surface area (Å²) in [6.45, 7) is 0. The first-order valence-corrected chi connectivity index (χ1v) is 6.68. The van der Waals surface area contributed by atoms with Crippen LogP contribution in [0.25, 0.3) is 0 Å². The number of rotatable bonds is 4. The van der Waals surface area contributed by atoms with Crippen LogP contribution in [-0.2, 0) is 0 Å². The van der Waals surface area contributed by atoms with Crippen molar-refractivity contribution in [1.29, 1.82) is 5.41 Å². The van der Waals surface area contributed by atoms with Gasteiger partial charge in [-0.1, -0.05) is 12.8 Å². The van der Waals surface area contributed by atoms with Gasteiger partial charge in [-0.25, -0.2) is 4.98 Å². The van der Waals surface area contributed by atoms with Crippen LogP contribution in [0.4, 0.5) is 0 Å². The normalized spacial score (nSPS) is 16.5. The molecule has 1 heterocycles. The second-order valence-electron chi connectivity index (χ2n) is 4.23. The van der Waals surface area contributed by atoms with Gasteiger partial charge >= 0.3 is 0 Å². The van der Waals surface area contributed by atoms with E-state index in [0.29, 0.717) is 0 Å². The molecular formula is C12H17N3S. The SMILES string of the molecule is N=C(N)c1cccnc1SCC1CCCC1. The molecule has 3 nitrogen and oxygen atoms in total. The zero-order valence-corrected chi connectivity index (χ0v) is 10.1. The van der Waals surface area contributed by atoms with Crippen molar-refractivity contribution in [2.75, 3.05) is 5.75 Å². The fourth-order valence-corrected chi connectivity index (χ4v) is 3.28. The fraction of sp³-hybridized carbons (Fsp3) is 0.500. The molecule has 1 aliphatic rings. The Morgan fingerprint density at radius 1 is 1.50 bits per heavy atom. The van der Waals surface area contributed by atoms with Crippen LogP contribution in [0.2, 0.25) is 0 Å². The van der Waals surface area contributed by atoms with Crippen LogP contribution in [-0.4, -0.2) is 16.6 Å². The van der Waals surface area contributed by atoms with Crippen LogP contribution in [0.5, 0.6) is 0 Å². The van der Waals surface area contributed by atoms with E-state index in [1.165, 1.54) is 25.7 Å². The lowest BCUT2D eigenvalue weighted by atomic mass is 10.1. The molecule has 1 fully saturated rings. The number of nitrogen functional groups attached to an aromatic ring is 1. The molecule has 0 aliphatic heterocycles. The van der Waals surface area contributed by atoms with Gasteiger partial charge in [-0.15, -0.1) is 11.8 Å². The van der Waals surface area contributed by atoms with Crippen LogP contribution in [0, 0.1) is 11.3 Å². The molecule has 0 bridgehead atoms. The zero-order valence-electron chi connectivity index (χ0n) is 9.28. The van der Waals surface area contributed by atoms with Crippen LogP contribution in [0.3, 0.4) is 0 Å². The molecule has 0 unspecified atom stereocenters. The molecule has 16 heavy (non-hydrogen) atoms. The molecule has 0 atom stereocenters. The Labute approximate surface area is 100 Å². The summed E-state index contributed by atoms with van der Waals surface area (Å²) < 4.78 is 0. The Kier molecular flexibility index (Phi) is 3.83. The van der Waals surface area contributed by atoms with Crippen molar-refractivity contribution in [2.45, 2.75) is 30.7 Å². The molecule has 1 aliphatic carbocycles. The largest absolute Gasteiger partial charge is 0.384 e. The number of pyridine rings is 1. The third-order valence-electron chi connectivity index (χ3n) is 2.99. The quantitative estimate of drug-likeness (QED) is 0.479. The molecule has 0 amide bonds. The fourth-order valence-electron chi connectivity index (χ4n) is 2.08. The van der Waals surface area contributed by atoms with Gasteiger partial charge < -0.3 is 5.73 Å². The van der Waals surface area contributed by atoms with Gasteiger partial charge in [0, 0.05) is 17.5 Å². The molecule has 1 aromatic rings. The van der Waals surface area contributed by atoms with Gasteiger partial charge in [0.2, 0.25) is 0 Å². The molecule has 0 aromatic carbocycles. The second kappa shape index (κ2) is 5.34. The predicted molar refractivity (Wildman–Crippen MR) is 67.9 cm³/mol. The number of nitrogens with zero attached hydrogens (tertiary/aromatic N) is 1. The minimum atomic E-state index is 0.113. The summed E-state index contributed by atoms with van der Waals surface area (Å²) in [7, 11) is 0. The lowest BCUT2D eigenvalue weighted by Gasteiger charge is -2.10. The highest BCUT2D eigenvalue weighted by molar-refractivity contribution is 7.99. The number of aromatic nitrogens is 1. The summed E-state index contributed by atoms with van der Waals surface area (Å²) >= 11 is 1.74. The van der Waals surface area contributed by atoms with E-state index in [4.69, 9.17) is 11.1 Å². The first-order chi connectivity index (χ1) is 7.77. The van der Waals surface area contributed by atoms with Crippen molar-refractivity contribution in [3.8, 4) is 0 Å². The van der Waals surface area contributed by atoms with E-state index < -0.39 is 0 Å². The van der Waals surface area contributed by atoms with Crippen molar-refractivity contribution < 1.29 is 0 Å². The van der Waals surface area contributed by atoms with E-state index in [1.54, 1.807) is 18.0 Å². The van der Waals surface area contributed by atoms with E-state index in [1.807, 2.05) is 12.1 Å². The average Bonchev–Trinajstić information content (AvgIpc) is 2.79. The number of amidine groups is 1. The summed E-state index contributed by atoms with van der Waals surface area (Å²) in [4.78, 5) is 4.30. The number of nitrogens with one attached hydrogen (secondary N) is 1. The Balaban J connectivity index is 2.00. The number of hydrogen-bond acceptors (Lipinski definition) is 3.